The zero-order chi connectivity index (χ0) is 19.9. The zero-order valence-corrected chi connectivity index (χ0v) is 16.6. The van der Waals surface area contributed by atoms with Crippen LogP contribution in [0.5, 0.6) is 0 Å². The normalized spacial score (nSPS) is 29.8. The molecule has 0 aromatic heterocycles. The van der Waals surface area contributed by atoms with Crippen LogP contribution in [0.3, 0.4) is 0 Å². The largest absolute Gasteiger partial charge is 0.461 e. The van der Waals surface area contributed by atoms with Gasteiger partial charge < -0.3 is 15.0 Å². The highest BCUT2D eigenvalue weighted by molar-refractivity contribution is 6.08. The molecule has 7 heteroatoms. The Morgan fingerprint density at radius 3 is 2.33 bits per heavy atom. The number of likely N-dealkylation sites (tertiary alicyclic amines) is 1. The van der Waals surface area contributed by atoms with Crippen molar-refractivity contribution in [3.63, 3.8) is 0 Å². The minimum absolute atomic E-state index is 0.196. The molecule has 2 N–H and O–H groups in total. The van der Waals surface area contributed by atoms with Crippen molar-refractivity contribution in [3.05, 3.63) is 29.8 Å². The van der Waals surface area contributed by atoms with Gasteiger partial charge in [0.25, 0.3) is 0 Å². The monoisotopic (exact) mass is 374 g/mol. The predicted molar refractivity (Wildman–Crippen MR) is 99.8 cm³/mol. The third kappa shape index (κ3) is 2.90. The highest BCUT2D eigenvalue weighted by Crippen LogP contribution is 2.44. The smallest absolute Gasteiger partial charge is 0.368 e. The number of rotatable bonds is 5. The molecule has 2 saturated heterocycles. The van der Waals surface area contributed by atoms with Crippen LogP contribution in [0.1, 0.15) is 32.4 Å². The lowest BCUT2D eigenvalue weighted by Gasteiger charge is -2.26. The second-order valence-electron chi connectivity index (χ2n) is 7.61. The number of ether oxygens (including phenoxy) is 1. The molecule has 2 aliphatic rings. The van der Waals surface area contributed by atoms with Gasteiger partial charge in [-0.3, -0.25) is 14.5 Å². The van der Waals surface area contributed by atoms with E-state index in [2.05, 4.69) is 0 Å². The Labute approximate surface area is 159 Å². The fourth-order valence-electron chi connectivity index (χ4n) is 4.41. The fraction of sp³-hybridized carbons (Fsp3) is 0.550. The second kappa shape index (κ2) is 6.96. The Kier molecular flexibility index (Phi) is 4.99. The summed E-state index contributed by atoms with van der Waals surface area (Å²) in [6, 6.07) is 7.61. The van der Waals surface area contributed by atoms with Crippen molar-refractivity contribution >= 4 is 23.5 Å². The summed E-state index contributed by atoms with van der Waals surface area (Å²) in [7, 11) is 3.92. The molecule has 2 heterocycles. The highest BCUT2D eigenvalue weighted by Gasteiger charge is 2.70. The molecule has 7 nitrogen and oxygen atoms in total. The highest BCUT2D eigenvalue weighted by atomic mass is 16.5. The van der Waals surface area contributed by atoms with E-state index in [1.807, 2.05) is 48.6 Å². The van der Waals surface area contributed by atoms with E-state index in [4.69, 9.17) is 4.74 Å². The van der Waals surface area contributed by atoms with Gasteiger partial charge >= 0.3 is 5.97 Å². The standard InChI is InChI=1S/C20H27N3O4/c1-6-23-17(24)14-15(18(23)25)20(3,19(26)27-7-2)21-16(14)12-8-10-13(11-9-12)22(4)5/h8-11,14-16,21H,6-7H2,1-5H3/p+1/t14-,15-,16-,20+/m0/s1. The topological polar surface area (TPSA) is 83.5 Å². The van der Waals surface area contributed by atoms with Crippen molar-refractivity contribution in [3.8, 4) is 0 Å². The van der Waals surface area contributed by atoms with Gasteiger partial charge in [0.2, 0.25) is 17.4 Å². The Morgan fingerprint density at radius 2 is 1.81 bits per heavy atom. The fourth-order valence-corrected chi connectivity index (χ4v) is 4.41. The number of quaternary nitrogens is 1. The van der Waals surface area contributed by atoms with Gasteiger partial charge in [-0.15, -0.1) is 0 Å². The number of esters is 1. The van der Waals surface area contributed by atoms with Crippen LogP contribution >= 0.6 is 0 Å². The summed E-state index contributed by atoms with van der Waals surface area (Å²) in [5.74, 6) is -2.17. The molecule has 146 valence electrons. The van der Waals surface area contributed by atoms with E-state index in [1.165, 1.54) is 4.90 Å². The van der Waals surface area contributed by atoms with Gasteiger partial charge in [0.1, 0.15) is 17.9 Å². The molecule has 0 saturated carbocycles. The molecule has 27 heavy (non-hydrogen) atoms. The number of nitrogens with zero attached hydrogens (tertiary/aromatic N) is 2. The first-order valence-corrected chi connectivity index (χ1v) is 9.42. The van der Waals surface area contributed by atoms with Gasteiger partial charge in [-0.1, -0.05) is 12.1 Å². The number of anilines is 1. The molecule has 0 unspecified atom stereocenters. The Bertz CT molecular complexity index is 761. The summed E-state index contributed by atoms with van der Waals surface area (Å²) in [6.45, 7) is 5.80. The molecule has 0 aliphatic carbocycles. The maximum absolute atomic E-state index is 13.0. The number of hydrogen-bond donors (Lipinski definition) is 1. The van der Waals surface area contributed by atoms with Crippen molar-refractivity contribution in [2.75, 3.05) is 32.1 Å². The molecule has 0 spiro atoms. The average molecular weight is 374 g/mol. The molecule has 4 atom stereocenters. The summed E-state index contributed by atoms with van der Waals surface area (Å²) in [5, 5.41) is 1.85. The van der Waals surface area contributed by atoms with E-state index in [1.54, 1.807) is 20.8 Å². The van der Waals surface area contributed by atoms with Crippen LogP contribution in [0.25, 0.3) is 0 Å². The molecule has 2 fully saturated rings. The second-order valence-corrected chi connectivity index (χ2v) is 7.61. The molecule has 0 bridgehead atoms. The zero-order valence-electron chi connectivity index (χ0n) is 16.6. The minimum Gasteiger partial charge on any atom is -0.461 e. The van der Waals surface area contributed by atoms with Crippen LogP contribution in [-0.4, -0.2) is 55.5 Å². The number of hydrogen-bond acceptors (Lipinski definition) is 5. The molecule has 1 aromatic carbocycles. The van der Waals surface area contributed by atoms with Crippen molar-refractivity contribution in [2.24, 2.45) is 11.8 Å². The molecule has 2 amide bonds. The third-order valence-electron chi connectivity index (χ3n) is 5.83. The number of nitrogens with two attached hydrogens (primary N) is 1. The lowest BCUT2D eigenvalue weighted by Crippen LogP contribution is -2.97. The number of amides is 2. The molecule has 0 radical (unpaired) electrons. The number of benzene rings is 1. The minimum atomic E-state index is -1.11. The van der Waals surface area contributed by atoms with Crippen molar-refractivity contribution in [2.45, 2.75) is 32.4 Å². The van der Waals surface area contributed by atoms with Crippen LogP contribution in [0, 0.1) is 11.8 Å². The van der Waals surface area contributed by atoms with E-state index < -0.39 is 23.3 Å². The maximum atomic E-state index is 13.0. The van der Waals surface area contributed by atoms with Crippen LogP contribution in [0.2, 0.25) is 0 Å². The van der Waals surface area contributed by atoms with Gasteiger partial charge in [-0.05, 0) is 26.0 Å². The molecular formula is C20H28N3O4+. The van der Waals surface area contributed by atoms with Gasteiger partial charge in [0.15, 0.2) is 0 Å². The molecule has 2 aliphatic heterocycles. The summed E-state index contributed by atoms with van der Waals surface area (Å²) in [5.41, 5.74) is 0.871. The third-order valence-corrected chi connectivity index (χ3v) is 5.83. The molecule has 3 rings (SSSR count). The molecule has 1 aromatic rings. The first-order chi connectivity index (χ1) is 12.8. The SMILES string of the molecule is CCOC(=O)[C@]1(C)[NH2+][C@@H](c2ccc(N(C)C)cc2)[C@H]2C(=O)N(CC)C(=O)[C@H]21. The number of imide groups is 1. The van der Waals surface area contributed by atoms with E-state index in [0.717, 1.165) is 11.3 Å². The lowest BCUT2D eigenvalue weighted by molar-refractivity contribution is -0.731. The van der Waals surface area contributed by atoms with Gasteiger partial charge in [0, 0.05) is 38.8 Å². The van der Waals surface area contributed by atoms with Crippen LogP contribution < -0.4 is 10.2 Å². The Morgan fingerprint density at radius 1 is 1.19 bits per heavy atom. The Hall–Kier alpha value is -2.41. The first kappa shape index (κ1) is 19.4. The van der Waals surface area contributed by atoms with Crippen molar-refractivity contribution in [1.82, 2.24) is 4.90 Å². The Balaban J connectivity index is 2.04. The van der Waals surface area contributed by atoms with E-state index in [0.29, 0.717) is 6.54 Å². The number of carbonyl (C=O) groups is 3. The lowest BCUT2D eigenvalue weighted by atomic mass is 9.80. The van der Waals surface area contributed by atoms with Crippen LogP contribution in [0.4, 0.5) is 5.69 Å². The predicted octanol–water partition coefficient (Wildman–Crippen LogP) is 0.314. The van der Waals surface area contributed by atoms with E-state index in [-0.39, 0.29) is 24.5 Å². The quantitative estimate of drug-likeness (QED) is 0.593. The molecular weight excluding hydrogens is 346 g/mol. The van der Waals surface area contributed by atoms with Crippen LogP contribution in [-0.2, 0) is 19.1 Å². The van der Waals surface area contributed by atoms with Crippen molar-refractivity contribution in [1.29, 1.82) is 0 Å². The van der Waals surface area contributed by atoms with E-state index >= 15 is 0 Å². The maximum Gasteiger partial charge on any atom is 0.368 e. The van der Waals surface area contributed by atoms with E-state index in [9.17, 15) is 14.4 Å². The average Bonchev–Trinajstić information content (AvgIpc) is 3.09. The van der Waals surface area contributed by atoms with Gasteiger partial charge in [-0.25, -0.2) is 4.79 Å². The van der Waals surface area contributed by atoms with Gasteiger partial charge in [0.05, 0.1) is 6.61 Å². The first-order valence-electron chi connectivity index (χ1n) is 9.42. The van der Waals surface area contributed by atoms with Gasteiger partial charge in [-0.2, -0.15) is 0 Å². The summed E-state index contributed by atoms with van der Waals surface area (Å²) < 4.78 is 5.27. The summed E-state index contributed by atoms with van der Waals surface area (Å²) in [6.07, 6.45) is 0. The number of fused-ring (bicyclic) bond motifs is 1. The summed E-state index contributed by atoms with van der Waals surface area (Å²) >= 11 is 0. The number of carbonyl (C=O) groups excluding carboxylic acids is 3. The van der Waals surface area contributed by atoms with Crippen molar-refractivity contribution < 1.29 is 24.4 Å². The van der Waals surface area contributed by atoms with Crippen LogP contribution in [0.15, 0.2) is 24.3 Å². The summed E-state index contributed by atoms with van der Waals surface area (Å²) in [4.78, 5) is 41.9.